The smallest absolute Gasteiger partial charge is 0.339 e. The lowest BCUT2D eigenvalue weighted by Gasteiger charge is -2.22. The van der Waals surface area contributed by atoms with Gasteiger partial charge in [0, 0.05) is 0 Å². The molecule has 0 N–H and O–H groups in total. The number of fused-ring (bicyclic) bond motifs is 1. The minimum atomic E-state index is -4.58. The summed E-state index contributed by atoms with van der Waals surface area (Å²) in [6.07, 6.45) is 0. The summed E-state index contributed by atoms with van der Waals surface area (Å²) in [6.45, 7) is 12.0. The lowest BCUT2D eigenvalue weighted by Crippen LogP contribution is -2.17. The van der Waals surface area contributed by atoms with E-state index >= 15 is 0 Å². The lowest BCUT2D eigenvalue weighted by atomic mass is 9.89. The Kier molecular flexibility index (Phi) is 6.94. The predicted octanol–water partition coefficient (Wildman–Crippen LogP) is 5.88. The van der Waals surface area contributed by atoms with Crippen LogP contribution in [0.5, 0.6) is 5.75 Å². The highest BCUT2D eigenvalue weighted by Gasteiger charge is 2.28. The van der Waals surface area contributed by atoms with Crippen molar-refractivity contribution in [2.75, 3.05) is 0 Å². The van der Waals surface area contributed by atoms with E-state index in [2.05, 4.69) is 13.8 Å². The first-order valence-corrected chi connectivity index (χ1v) is 13.6. The summed E-state index contributed by atoms with van der Waals surface area (Å²) in [6, 6.07) is 12.3. The maximum atomic E-state index is 13.5. The van der Waals surface area contributed by atoms with Gasteiger partial charge in [0.1, 0.15) is 20.8 Å². The average molecular weight is 490 g/mol. The van der Waals surface area contributed by atoms with Crippen LogP contribution in [-0.2, 0) is 20.2 Å². The summed E-state index contributed by atoms with van der Waals surface area (Å²) in [7, 11) is -8.74. The number of hydrogen-bond donors (Lipinski definition) is 0. The van der Waals surface area contributed by atoms with Gasteiger partial charge in [-0.25, -0.2) is 8.42 Å². The molecule has 3 rings (SSSR count). The lowest BCUT2D eigenvalue weighted by molar-refractivity contribution is 0.463. The molecule has 0 unspecified atom stereocenters. The molecule has 0 amide bonds. The van der Waals surface area contributed by atoms with E-state index in [4.69, 9.17) is 4.18 Å². The summed E-state index contributed by atoms with van der Waals surface area (Å²) >= 11 is 0. The summed E-state index contributed by atoms with van der Waals surface area (Å²) < 4.78 is 66.4. The Morgan fingerprint density at radius 3 is 1.70 bits per heavy atom. The van der Waals surface area contributed by atoms with Crippen LogP contribution in [0.15, 0.2) is 58.3 Å². The van der Waals surface area contributed by atoms with Gasteiger partial charge in [0.2, 0.25) is 0 Å². The second kappa shape index (κ2) is 9.08. The molecule has 0 aliphatic rings. The Balaban J connectivity index is 2.12. The molecular formula is C25H29O6S2-. The zero-order valence-electron chi connectivity index (χ0n) is 19.6. The minimum absolute atomic E-state index is 0.0290. The van der Waals surface area contributed by atoms with Crippen LogP contribution in [0.3, 0.4) is 0 Å². The maximum absolute atomic E-state index is 13.5. The van der Waals surface area contributed by atoms with Gasteiger partial charge in [-0.1, -0.05) is 65.8 Å². The van der Waals surface area contributed by atoms with Gasteiger partial charge >= 0.3 is 10.1 Å². The van der Waals surface area contributed by atoms with Crippen LogP contribution in [0.2, 0.25) is 0 Å². The quantitative estimate of drug-likeness (QED) is 0.303. The molecule has 0 spiro atoms. The van der Waals surface area contributed by atoms with Crippen molar-refractivity contribution < 1.29 is 25.6 Å². The van der Waals surface area contributed by atoms with E-state index in [0.717, 1.165) is 16.7 Å². The fraction of sp³-hybridized carbons (Fsp3) is 0.360. The van der Waals surface area contributed by atoms with Gasteiger partial charge in [-0.3, -0.25) is 0 Å². The fourth-order valence-corrected chi connectivity index (χ4v) is 5.87. The largest absolute Gasteiger partial charge is 0.744 e. The van der Waals surface area contributed by atoms with Crippen molar-refractivity contribution in [2.24, 2.45) is 0 Å². The summed E-state index contributed by atoms with van der Waals surface area (Å²) in [5.41, 5.74) is 2.52. The molecular weight excluding hydrogens is 460 g/mol. The van der Waals surface area contributed by atoms with Crippen molar-refractivity contribution in [1.29, 1.82) is 0 Å². The van der Waals surface area contributed by atoms with E-state index in [1.165, 1.54) is 36.4 Å². The fourth-order valence-electron chi connectivity index (χ4n) is 3.76. The molecule has 6 nitrogen and oxygen atoms in total. The van der Waals surface area contributed by atoms with Crippen molar-refractivity contribution in [3.8, 4) is 5.75 Å². The Morgan fingerprint density at radius 2 is 1.21 bits per heavy atom. The molecule has 3 aromatic carbocycles. The molecule has 33 heavy (non-hydrogen) atoms. The third kappa shape index (κ3) is 5.39. The first-order chi connectivity index (χ1) is 15.2. The molecule has 0 atom stereocenters. The second-order valence-corrected chi connectivity index (χ2v) is 12.0. The van der Waals surface area contributed by atoms with Gasteiger partial charge in [0.15, 0.2) is 0 Å². The standard InChI is InChI=1S/C25H30O6S2/c1-15(2)20-13-23(16(3)4)25(24(14-20)17(5)6)33(29,30)31-21-9-7-19-12-22(32(26,27)28)10-8-18(19)11-21/h7-17H,1-6H3,(H,26,27,28)/p-1. The highest BCUT2D eigenvalue weighted by Crippen LogP contribution is 2.36. The molecule has 3 aromatic rings. The number of hydrogen-bond acceptors (Lipinski definition) is 6. The van der Waals surface area contributed by atoms with Crippen molar-refractivity contribution in [3.05, 3.63) is 65.2 Å². The number of benzene rings is 3. The van der Waals surface area contributed by atoms with Crippen molar-refractivity contribution in [3.63, 3.8) is 0 Å². The topological polar surface area (TPSA) is 101 Å². The molecule has 0 fully saturated rings. The van der Waals surface area contributed by atoms with Crippen molar-refractivity contribution in [2.45, 2.75) is 69.1 Å². The van der Waals surface area contributed by atoms with Gasteiger partial charge in [-0.2, -0.15) is 8.42 Å². The van der Waals surface area contributed by atoms with Gasteiger partial charge < -0.3 is 8.74 Å². The normalized spacial score (nSPS) is 12.8. The first-order valence-electron chi connectivity index (χ1n) is 10.8. The van der Waals surface area contributed by atoms with E-state index in [9.17, 15) is 21.4 Å². The summed E-state index contributed by atoms with van der Waals surface area (Å²) in [5.74, 6) is 0.302. The maximum Gasteiger partial charge on any atom is 0.339 e. The third-order valence-corrected chi connectivity index (χ3v) is 7.82. The number of rotatable bonds is 7. The molecule has 0 heterocycles. The monoisotopic (exact) mass is 489 g/mol. The molecule has 0 radical (unpaired) electrons. The van der Waals surface area contributed by atoms with Crippen LogP contribution in [0.4, 0.5) is 0 Å². The van der Waals surface area contributed by atoms with E-state index in [1.54, 1.807) is 0 Å². The molecule has 0 aliphatic heterocycles. The van der Waals surface area contributed by atoms with Crippen LogP contribution in [0, 0.1) is 0 Å². The van der Waals surface area contributed by atoms with Crippen LogP contribution in [-0.4, -0.2) is 21.4 Å². The Labute approximate surface area is 196 Å². The predicted molar refractivity (Wildman–Crippen MR) is 128 cm³/mol. The molecule has 178 valence electrons. The first kappa shape index (κ1) is 25.2. The second-order valence-electron chi connectivity index (χ2n) is 9.15. The van der Waals surface area contributed by atoms with E-state index < -0.39 is 20.2 Å². The molecule has 8 heteroatoms. The molecule has 0 saturated heterocycles. The molecule has 0 aromatic heterocycles. The average Bonchev–Trinajstić information content (AvgIpc) is 2.71. The van der Waals surface area contributed by atoms with Crippen LogP contribution in [0.1, 0.15) is 76.0 Å². The summed E-state index contributed by atoms with van der Waals surface area (Å²) in [5, 5.41) is 1.04. The van der Waals surface area contributed by atoms with Gasteiger partial charge in [-0.15, -0.1) is 0 Å². The van der Waals surface area contributed by atoms with Gasteiger partial charge in [0.25, 0.3) is 0 Å². The van der Waals surface area contributed by atoms with Crippen LogP contribution in [0.25, 0.3) is 10.8 Å². The van der Waals surface area contributed by atoms with E-state index in [1.807, 2.05) is 39.8 Å². The Bertz CT molecular complexity index is 1370. The highest BCUT2D eigenvalue weighted by atomic mass is 32.2. The Morgan fingerprint density at radius 1 is 0.697 bits per heavy atom. The van der Waals surface area contributed by atoms with E-state index in [-0.39, 0.29) is 33.3 Å². The highest BCUT2D eigenvalue weighted by molar-refractivity contribution is 7.87. The van der Waals surface area contributed by atoms with Gasteiger partial charge in [-0.05, 0) is 69.5 Å². The minimum Gasteiger partial charge on any atom is -0.744 e. The molecule has 0 aliphatic carbocycles. The van der Waals surface area contributed by atoms with Crippen LogP contribution >= 0.6 is 0 Å². The van der Waals surface area contributed by atoms with Gasteiger partial charge in [0.05, 0.1) is 4.90 Å². The molecule has 0 saturated carbocycles. The van der Waals surface area contributed by atoms with Crippen molar-refractivity contribution >= 4 is 31.0 Å². The zero-order valence-corrected chi connectivity index (χ0v) is 21.2. The SMILES string of the molecule is CC(C)c1cc(C(C)C)c(S(=O)(=O)Oc2ccc3cc(S(=O)(=O)[O-])ccc3c2)c(C(C)C)c1. The van der Waals surface area contributed by atoms with E-state index in [0.29, 0.717) is 10.8 Å². The zero-order chi connectivity index (χ0) is 24.7. The summed E-state index contributed by atoms with van der Waals surface area (Å²) in [4.78, 5) is -0.144. The third-order valence-electron chi connectivity index (χ3n) is 5.61. The van der Waals surface area contributed by atoms with Crippen LogP contribution < -0.4 is 4.18 Å². The Hall–Kier alpha value is -2.42. The molecule has 0 bridgehead atoms. The van der Waals surface area contributed by atoms with Crippen molar-refractivity contribution in [1.82, 2.24) is 0 Å².